The molecule has 1 aliphatic rings. The van der Waals surface area contributed by atoms with Gasteiger partial charge in [0.05, 0.1) is 0 Å². The summed E-state index contributed by atoms with van der Waals surface area (Å²) < 4.78 is 16.2. The van der Waals surface area contributed by atoms with E-state index in [1.54, 1.807) is 6.92 Å². The van der Waals surface area contributed by atoms with E-state index >= 15 is 0 Å². The molecule has 0 aliphatic carbocycles. The zero-order valence-electron chi connectivity index (χ0n) is 13.0. The SMILES string of the molecule is CC(Oc1ccccc1)C(=O)NCCc1ccc2c(c1)OCO2. The van der Waals surface area contributed by atoms with Gasteiger partial charge in [0.15, 0.2) is 17.6 Å². The van der Waals surface area contributed by atoms with E-state index in [-0.39, 0.29) is 12.7 Å². The highest BCUT2D eigenvalue weighted by molar-refractivity contribution is 5.80. The minimum Gasteiger partial charge on any atom is -0.481 e. The molecule has 0 spiro atoms. The molecule has 3 rings (SSSR count). The molecule has 120 valence electrons. The third kappa shape index (κ3) is 3.94. The quantitative estimate of drug-likeness (QED) is 0.890. The fourth-order valence-electron chi connectivity index (χ4n) is 2.33. The lowest BCUT2D eigenvalue weighted by Crippen LogP contribution is -2.37. The summed E-state index contributed by atoms with van der Waals surface area (Å²) in [6.45, 7) is 2.55. The fraction of sp³-hybridized carbons (Fsp3) is 0.278. The number of nitrogens with one attached hydrogen (secondary N) is 1. The van der Waals surface area contributed by atoms with Gasteiger partial charge >= 0.3 is 0 Å². The Morgan fingerprint density at radius 3 is 2.78 bits per heavy atom. The van der Waals surface area contributed by atoms with Gasteiger partial charge in [-0.25, -0.2) is 0 Å². The second-order valence-electron chi connectivity index (χ2n) is 5.30. The number of para-hydroxylation sites is 1. The first-order chi connectivity index (χ1) is 11.2. The minimum absolute atomic E-state index is 0.130. The summed E-state index contributed by atoms with van der Waals surface area (Å²) in [6, 6.07) is 15.1. The van der Waals surface area contributed by atoms with Crippen molar-refractivity contribution in [1.29, 1.82) is 0 Å². The van der Waals surface area contributed by atoms with Gasteiger partial charge < -0.3 is 19.5 Å². The highest BCUT2D eigenvalue weighted by Crippen LogP contribution is 2.32. The lowest BCUT2D eigenvalue weighted by Gasteiger charge is -2.14. The van der Waals surface area contributed by atoms with Gasteiger partial charge in [0.25, 0.3) is 5.91 Å². The average molecular weight is 313 g/mol. The zero-order valence-corrected chi connectivity index (χ0v) is 13.0. The molecule has 2 aromatic carbocycles. The molecule has 5 heteroatoms. The molecule has 2 aromatic rings. The molecule has 5 nitrogen and oxygen atoms in total. The van der Waals surface area contributed by atoms with Crippen molar-refractivity contribution in [1.82, 2.24) is 5.32 Å². The van der Waals surface area contributed by atoms with Crippen LogP contribution in [0.4, 0.5) is 0 Å². The summed E-state index contributed by atoms with van der Waals surface area (Å²) >= 11 is 0. The number of carbonyl (C=O) groups is 1. The molecular weight excluding hydrogens is 294 g/mol. The van der Waals surface area contributed by atoms with Crippen LogP contribution in [0.2, 0.25) is 0 Å². The number of carbonyl (C=O) groups excluding carboxylic acids is 1. The summed E-state index contributed by atoms with van der Waals surface area (Å²) in [5.74, 6) is 2.08. The molecule has 0 fully saturated rings. The number of hydrogen-bond donors (Lipinski definition) is 1. The maximum Gasteiger partial charge on any atom is 0.260 e. The lowest BCUT2D eigenvalue weighted by atomic mass is 10.1. The Kier molecular flexibility index (Phi) is 4.66. The molecule has 1 heterocycles. The van der Waals surface area contributed by atoms with Crippen LogP contribution in [-0.2, 0) is 11.2 Å². The third-order valence-corrected chi connectivity index (χ3v) is 3.58. The normalized spacial score (nSPS) is 13.4. The molecule has 1 N–H and O–H groups in total. The van der Waals surface area contributed by atoms with Crippen molar-refractivity contribution >= 4 is 5.91 Å². The number of ether oxygens (including phenoxy) is 3. The van der Waals surface area contributed by atoms with Gasteiger partial charge in [-0.2, -0.15) is 0 Å². The molecule has 23 heavy (non-hydrogen) atoms. The highest BCUT2D eigenvalue weighted by Gasteiger charge is 2.15. The van der Waals surface area contributed by atoms with E-state index in [0.29, 0.717) is 12.3 Å². The van der Waals surface area contributed by atoms with Crippen molar-refractivity contribution in [3.63, 3.8) is 0 Å². The molecule has 1 aliphatic heterocycles. The molecule has 0 bridgehead atoms. The Morgan fingerprint density at radius 2 is 1.96 bits per heavy atom. The molecule has 0 saturated carbocycles. The predicted octanol–water partition coefficient (Wildman–Crippen LogP) is 2.54. The summed E-state index contributed by atoms with van der Waals surface area (Å²) in [6.07, 6.45) is 0.189. The van der Waals surface area contributed by atoms with Crippen LogP contribution in [0.3, 0.4) is 0 Å². The Bertz CT molecular complexity index is 672. The van der Waals surface area contributed by atoms with Crippen LogP contribution in [0.5, 0.6) is 17.2 Å². The summed E-state index contributed by atoms with van der Waals surface area (Å²) in [4.78, 5) is 12.0. The van der Waals surface area contributed by atoms with Gasteiger partial charge in [-0.15, -0.1) is 0 Å². The van der Waals surface area contributed by atoms with Crippen LogP contribution in [0.1, 0.15) is 12.5 Å². The van der Waals surface area contributed by atoms with Crippen LogP contribution in [0.15, 0.2) is 48.5 Å². The van der Waals surface area contributed by atoms with E-state index in [1.165, 1.54) is 0 Å². The van der Waals surface area contributed by atoms with Gasteiger partial charge in [0, 0.05) is 6.54 Å². The summed E-state index contributed by atoms with van der Waals surface area (Å²) in [7, 11) is 0. The first kappa shape index (κ1) is 15.2. The zero-order chi connectivity index (χ0) is 16.1. The van der Waals surface area contributed by atoms with Gasteiger partial charge in [-0.05, 0) is 43.2 Å². The topological polar surface area (TPSA) is 56.8 Å². The van der Waals surface area contributed by atoms with E-state index in [1.807, 2.05) is 48.5 Å². The third-order valence-electron chi connectivity index (χ3n) is 3.58. The van der Waals surface area contributed by atoms with Crippen molar-refractivity contribution in [3.05, 3.63) is 54.1 Å². The second kappa shape index (κ2) is 7.05. The first-order valence-corrected chi connectivity index (χ1v) is 7.60. The van der Waals surface area contributed by atoms with E-state index in [2.05, 4.69) is 5.32 Å². The maximum absolute atomic E-state index is 12.0. The van der Waals surface area contributed by atoms with E-state index in [0.717, 1.165) is 23.5 Å². The van der Waals surface area contributed by atoms with Crippen LogP contribution >= 0.6 is 0 Å². The van der Waals surface area contributed by atoms with E-state index < -0.39 is 6.10 Å². The Hall–Kier alpha value is -2.69. The van der Waals surface area contributed by atoms with Crippen molar-refractivity contribution in [2.45, 2.75) is 19.4 Å². The Labute approximate surface area is 135 Å². The Morgan fingerprint density at radius 1 is 1.17 bits per heavy atom. The molecule has 1 amide bonds. The van der Waals surface area contributed by atoms with Crippen molar-refractivity contribution in [2.24, 2.45) is 0 Å². The number of rotatable bonds is 6. The van der Waals surface area contributed by atoms with Crippen LogP contribution < -0.4 is 19.5 Å². The van der Waals surface area contributed by atoms with Crippen molar-refractivity contribution in [2.75, 3.05) is 13.3 Å². The molecule has 1 unspecified atom stereocenters. The molecule has 0 saturated heterocycles. The van der Waals surface area contributed by atoms with Crippen LogP contribution in [-0.4, -0.2) is 25.3 Å². The van der Waals surface area contributed by atoms with Crippen molar-refractivity contribution in [3.8, 4) is 17.2 Å². The van der Waals surface area contributed by atoms with E-state index in [4.69, 9.17) is 14.2 Å². The van der Waals surface area contributed by atoms with Gasteiger partial charge in [-0.3, -0.25) is 4.79 Å². The summed E-state index contributed by atoms with van der Waals surface area (Å²) in [5, 5.41) is 2.88. The number of fused-ring (bicyclic) bond motifs is 1. The molecule has 0 aromatic heterocycles. The van der Waals surface area contributed by atoms with E-state index in [9.17, 15) is 4.79 Å². The summed E-state index contributed by atoms with van der Waals surface area (Å²) in [5.41, 5.74) is 1.09. The number of benzene rings is 2. The van der Waals surface area contributed by atoms with Crippen LogP contribution in [0.25, 0.3) is 0 Å². The highest BCUT2D eigenvalue weighted by atomic mass is 16.7. The number of amides is 1. The lowest BCUT2D eigenvalue weighted by molar-refractivity contribution is -0.127. The van der Waals surface area contributed by atoms with Crippen molar-refractivity contribution < 1.29 is 19.0 Å². The van der Waals surface area contributed by atoms with Gasteiger partial charge in [0.2, 0.25) is 6.79 Å². The monoisotopic (exact) mass is 313 g/mol. The Balaban J connectivity index is 1.45. The molecule has 1 atom stereocenters. The fourth-order valence-corrected chi connectivity index (χ4v) is 2.33. The first-order valence-electron chi connectivity index (χ1n) is 7.60. The van der Waals surface area contributed by atoms with Gasteiger partial charge in [0.1, 0.15) is 5.75 Å². The number of hydrogen-bond acceptors (Lipinski definition) is 4. The molecular formula is C18H19NO4. The average Bonchev–Trinajstić information content (AvgIpc) is 3.03. The smallest absolute Gasteiger partial charge is 0.260 e. The van der Waals surface area contributed by atoms with Gasteiger partial charge in [-0.1, -0.05) is 24.3 Å². The van der Waals surface area contributed by atoms with Crippen LogP contribution in [0, 0.1) is 0 Å². The second-order valence-corrected chi connectivity index (χ2v) is 5.30. The standard InChI is InChI=1S/C18H19NO4/c1-13(23-15-5-3-2-4-6-15)18(20)19-10-9-14-7-8-16-17(11-14)22-12-21-16/h2-8,11,13H,9-10,12H2,1H3,(H,19,20). The minimum atomic E-state index is -0.533. The maximum atomic E-state index is 12.0. The molecule has 0 radical (unpaired) electrons. The predicted molar refractivity (Wildman–Crippen MR) is 85.8 cm³/mol. The largest absolute Gasteiger partial charge is 0.481 e.